The highest BCUT2D eigenvalue weighted by molar-refractivity contribution is 5.94. The van der Waals surface area contributed by atoms with Crippen LogP contribution in [0.3, 0.4) is 0 Å². The predicted octanol–water partition coefficient (Wildman–Crippen LogP) is 1.87. The second-order valence-electron chi connectivity index (χ2n) is 8.57. The Morgan fingerprint density at radius 3 is 2.86 bits per heavy atom. The molecule has 3 heterocycles. The van der Waals surface area contributed by atoms with Crippen LogP contribution >= 0.6 is 0 Å². The van der Waals surface area contributed by atoms with Crippen molar-refractivity contribution in [2.45, 2.75) is 38.6 Å². The molecule has 0 spiro atoms. The molecular formula is C22H24FN7O5. The van der Waals surface area contributed by atoms with E-state index in [0.29, 0.717) is 17.7 Å². The molecule has 2 aromatic rings. The van der Waals surface area contributed by atoms with Crippen molar-refractivity contribution < 1.29 is 28.7 Å². The number of nitrogens with zero attached hydrogens (tertiary/aromatic N) is 6. The van der Waals surface area contributed by atoms with Gasteiger partial charge < -0.3 is 20.2 Å². The van der Waals surface area contributed by atoms with Crippen LogP contribution in [0, 0.1) is 17.1 Å². The van der Waals surface area contributed by atoms with Crippen molar-refractivity contribution in [2.75, 3.05) is 26.0 Å². The fraction of sp³-hybridized carbons (Fsp3) is 0.409. The van der Waals surface area contributed by atoms with E-state index in [4.69, 9.17) is 10.1 Å². The summed E-state index contributed by atoms with van der Waals surface area (Å²) in [6.07, 6.45) is -1.37. The van der Waals surface area contributed by atoms with Crippen LogP contribution < -0.4 is 5.32 Å². The molecule has 2 aliphatic heterocycles. The van der Waals surface area contributed by atoms with Gasteiger partial charge in [-0.2, -0.15) is 10.4 Å². The number of aromatic nitrogens is 2. The predicted molar refractivity (Wildman–Crippen MR) is 119 cm³/mol. The first-order valence-corrected chi connectivity index (χ1v) is 10.8. The van der Waals surface area contributed by atoms with E-state index >= 15 is 0 Å². The van der Waals surface area contributed by atoms with Gasteiger partial charge in [0.2, 0.25) is 0 Å². The number of hydrogen-bond acceptors (Lipinski definition) is 6. The van der Waals surface area contributed by atoms with Gasteiger partial charge in [0.15, 0.2) is 0 Å². The first-order valence-electron chi connectivity index (χ1n) is 10.8. The van der Waals surface area contributed by atoms with Crippen molar-refractivity contribution in [3.05, 3.63) is 46.5 Å². The topological polar surface area (TPSA) is 144 Å². The van der Waals surface area contributed by atoms with Crippen LogP contribution in [0.1, 0.15) is 34.2 Å². The average molecular weight is 485 g/mol. The molecule has 2 N–H and O–H groups in total. The van der Waals surface area contributed by atoms with Crippen molar-refractivity contribution in [1.82, 2.24) is 24.6 Å². The number of hydroxylamine groups is 2. The molecule has 0 fully saturated rings. The number of hydrogen-bond donors (Lipinski definition) is 2. The minimum absolute atomic E-state index is 0.0320. The maximum atomic E-state index is 13.6. The largest absolute Gasteiger partial charge is 0.465 e. The van der Waals surface area contributed by atoms with Crippen LogP contribution in [-0.4, -0.2) is 80.6 Å². The van der Waals surface area contributed by atoms with Crippen LogP contribution in [0.5, 0.6) is 0 Å². The third-order valence-electron chi connectivity index (χ3n) is 6.06. The van der Waals surface area contributed by atoms with Gasteiger partial charge in [0, 0.05) is 37.8 Å². The number of nitrogens with one attached hydrogen (secondary N) is 1. The smallest absolute Gasteiger partial charge is 0.407 e. The summed E-state index contributed by atoms with van der Waals surface area (Å²) in [5, 5.41) is 26.5. The molecule has 13 heteroatoms. The number of carbonyl (C=O) groups excluding carboxylic acids is 2. The lowest BCUT2D eigenvalue weighted by molar-refractivity contribution is -0.151. The molecular weight excluding hydrogens is 461 g/mol. The molecule has 0 saturated carbocycles. The summed E-state index contributed by atoms with van der Waals surface area (Å²) in [4.78, 5) is 45.6. The van der Waals surface area contributed by atoms with Gasteiger partial charge in [0.25, 0.3) is 5.91 Å². The SMILES string of the molecule is C[C@@H]1Cc2nn3c(c2CN1C(=O)Nc1ccc(F)c(C#N)c1)C(=O)N(C)OC(CN(C)C(=O)O)C3. The summed E-state index contributed by atoms with van der Waals surface area (Å²) in [5.74, 6) is -1.13. The number of likely N-dealkylation sites (N-methyl/N-ethyl adjacent to an activating group) is 1. The minimum atomic E-state index is -1.12. The molecule has 12 nitrogen and oxygen atoms in total. The number of amides is 4. The molecule has 1 aromatic heterocycles. The van der Waals surface area contributed by atoms with Crippen LogP contribution in [0.15, 0.2) is 18.2 Å². The second-order valence-corrected chi connectivity index (χ2v) is 8.57. The van der Waals surface area contributed by atoms with Crippen LogP contribution in [-0.2, 0) is 24.3 Å². The lowest BCUT2D eigenvalue weighted by atomic mass is 9.99. The zero-order chi connectivity index (χ0) is 25.4. The Balaban J connectivity index is 1.59. The van der Waals surface area contributed by atoms with Gasteiger partial charge in [0.05, 0.1) is 30.9 Å². The van der Waals surface area contributed by atoms with Crippen LogP contribution in [0.2, 0.25) is 0 Å². The Bertz CT molecular complexity index is 1240. The van der Waals surface area contributed by atoms with Crippen molar-refractivity contribution in [1.29, 1.82) is 5.26 Å². The quantitative estimate of drug-likeness (QED) is 0.675. The Kier molecular flexibility index (Phi) is 6.31. The summed E-state index contributed by atoms with van der Waals surface area (Å²) < 4.78 is 15.1. The maximum Gasteiger partial charge on any atom is 0.407 e. The van der Waals surface area contributed by atoms with E-state index in [1.165, 1.54) is 35.8 Å². The van der Waals surface area contributed by atoms with E-state index in [1.54, 1.807) is 6.07 Å². The molecule has 1 unspecified atom stereocenters. The monoisotopic (exact) mass is 485 g/mol. The fourth-order valence-electron chi connectivity index (χ4n) is 4.24. The summed E-state index contributed by atoms with van der Waals surface area (Å²) in [5.41, 5.74) is 1.63. The molecule has 0 aliphatic carbocycles. The number of halogens is 1. The van der Waals surface area contributed by atoms with Gasteiger partial charge in [-0.25, -0.2) is 19.0 Å². The van der Waals surface area contributed by atoms with E-state index in [1.807, 2.05) is 6.92 Å². The number of urea groups is 1. The third kappa shape index (κ3) is 4.60. The van der Waals surface area contributed by atoms with E-state index in [9.17, 15) is 23.9 Å². The normalized spacial score (nSPS) is 19.3. The Labute approximate surface area is 200 Å². The van der Waals surface area contributed by atoms with Crippen molar-refractivity contribution in [3.63, 3.8) is 0 Å². The Morgan fingerprint density at radius 1 is 1.43 bits per heavy atom. The van der Waals surface area contributed by atoms with Gasteiger partial charge in [-0.1, -0.05) is 0 Å². The molecule has 1 aromatic carbocycles. The van der Waals surface area contributed by atoms with Gasteiger partial charge in [-0.15, -0.1) is 0 Å². The summed E-state index contributed by atoms with van der Waals surface area (Å²) in [7, 11) is 2.86. The number of rotatable bonds is 3. The van der Waals surface area contributed by atoms with Gasteiger partial charge in [-0.05, 0) is 25.1 Å². The first-order chi connectivity index (χ1) is 16.6. The molecule has 4 rings (SSSR count). The van der Waals surface area contributed by atoms with Crippen molar-refractivity contribution >= 4 is 23.7 Å². The number of nitriles is 1. The molecule has 2 atom stereocenters. The molecule has 2 aliphatic rings. The van der Waals surface area contributed by atoms with E-state index in [0.717, 1.165) is 16.0 Å². The van der Waals surface area contributed by atoms with Crippen molar-refractivity contribution in [3.8, 4) is 6.07 Å². The number of carbonyl (C=O) groups is 3. The summed E-state index contributed by atoms with van der Waals surface area (Å²) in [6.45, 7) is 2.14. The maximum absolute atomic E-state index is 13.6. The highest BCUT2D eigenvalue weighted by Gasteiger charge is 2.38. The van der Waals surface area contributed by atoms with Gasteiger partial charge in [0.1, 0.15) is 23.7 Å². The number of anilines is 1. The fourth-order valence-corrected chi connectivity index (χ4v) is 4.24. The molecule has 0 saturated heterocycles. The number of benzene rings is 1. The average Bonchev–Trinajstić information content (AvgIpc) is 3.09. The Morgan fingerprint density at radius 2 is 2.17 bits per heavy atom. The summed E-state index contributed by atoms with van der Waals surface area (Å²) in [6, 6.07) is 4.74. The van der Waals surface area contributed by atoms with E-state index < -0.39 is 30.0 Å². The minimum Gasteiger partial charge on any atom is -0.465 e. The zero-order valence-electron chi connectivity index (χ0n) is 19.4. The van der Waals surface area contributed by atoms with E-state index in [-0.39, 0.29) is 42.6 Å². The molecule has 0 radical (unpaired) electrons. The highest BCUT2D eigenvalue weighted by Crippen LogP contribution is 2.29. The van der Waals surface area contributed by atoms with Crippen LogP contribution in [0.25, 0.3) is 0 Å². The first kappa shape index (κ1) is 24.0. The molecule has 35 heavy (non-hydrogen) atoms. The van der Waals surface area contributed by atoms with Crippen LogP contribution in [0.4, 0.5) is 19.7 Å². The highest BCUT2D eigenvalue weighted by atomic mass is 19.1. The summed E-state index contributed by atoms with van der Waals surface area (Å²) >= 11 is 0. The van der Waals surface area contributed by atoms with E-state index in [2.05, 4.69) is 10.4 Å². The van der Waals surface area contributed by atoms with Crippen molar-refractivity contribution in [2.24, 2.45) is 0 Å². The molecule has 4 amide bonds. The third-order valence-corrected chi connectivity index (χ3v) is 6.06. The lowest BCUT2D eigenvalue weighted by Gasteiger charge is -2.33. The number of fused-ring (bicyclic) bond motifs is 3. The standard InChI is InChI=1S/C22H24FN7O5/c1-12-6-18-16(11-29(12)21(32)25-14-4-5-17(23)13(7-14)8-24)19-20(31)28(3)35-15(10-30(19)26-18)9-27(2)22(33)34/h4-5,7,12,15H,6,9-11H2,1-3H3,(H,25,32)(H,33,34)/t12-,15?/m1/s1. The second kappa shape index (κ2) is 9.22. The zero-order valence-corrected chi connectivity index (χ0v) is 19.4. The Hall–Kier alpha value is -4.18. The lowest BCUT2D eigenvalue weighted by Crippen LogP contribution is -2.45. The van der Waals surface area contributed by atoms with Gasteiger partial charge in [-0.3, -0.25) is 14.3 Å². The van der Waals surface area contributed by atoms with Gasteiger partial charge >= 0.3 is 12.1 Å². The molecule has 0 bridgehead atoms. The molecule has 184 valence electrons. The number of carboxylic acid groups (broad SMARTS) is 1.